The monoisotopic (exact) mass is 636 g/mol. The quantitative estimate of drug-likeness (QED) is 0.213. The number of fused-ring (bicyclic) bond motifs is 1. The molecule has 6 nitrogen and oxygen atoms in total. The predicted octanol–water partition coefficient (Wildman–Crippen LogP) is 3.83. The van der Waals surface area contributed by atoms with E-state index < -0.39 is 7.26 Å². The van der Waals surface area contributed by atoms with E-state index in [1.54, 1.807) is 28.4 Å². The summed E-state index contributed by atoms with van der Waals surface area (Å²) in [6.45, 7) is 0. The van der Waals surface area contributed by atoms with E-state index in [-0.39, 0.29) is 12.4 Å². The molecular formula is C37H34ClN2O4P. The van der Waals surface area contributed by atoms with Crippen LogP contribution in [0.15, 0.2) is 121 Å². The number of hydrogen-bond acceptors (Lipinski definition) is 6. The number of benzene rings is 5. The summed E-state index contributed by atoms with van der Waals surface area (Å²) in [5.74, 6) is 3.23. The normalized spacial score (nSPS) is 11.0. The SMILES string of the molecule is COc1ccc(-c2nc(C[P+](c3ccccc3)(c3ccccc3)c3ccccc3)nc3cc(OC)c(OC)cc23)cc1OC.[Cl-]. The molecule has 0 aliphatic carbocycles. The first-order valence-electron chi connectivity index (χ1n) is 14.3. The molecule has 0 N–H and O–H groups in total. The third-order valence-corrected chi connectivity index (χ3v) is 12.2. The molecule has 6 rings (SSSR count). The van der Waals surface area contributed by atoms with Gasteiger partial charge in [0.15, 0.2) is 28.8 Å². The zero-order valence-electron chi connectivity index (χ0n) is 25.6. The van der Waals surface area contributed by atoms with Crippen molar-refractivity contribution in [3.63, 3.8) is 0 Å². The van der Waals surface area contributed by atoms with Gasteiger partial charge in [-0.15, -0.1) is 0 Å². The zero-order valence-corrected chi connectivity index (χ0v) is 27.3. The second-order valence-corrected chi connectivity index (χ2v) is 13.7. The lowest BCUT2D eigenvalue weighted by atomic mass is 10.0. The van der Waals surface area contributed by atoms with Crippen molar-refractivity contribution in [3.8, 4) is 34.3 Å². The van der Waals surface area contributed by atoms with Gasteiger partial charge in [0, 0.05) is 17.0 Å². The lowest BCUT2D eigenvalue weighted by Gasteiger charge is -2.27. The molecule has 0 aliphatic rings. The molecule has 0 fully saturated rings. The van der Waals surface area contributed by atoms with E-state index in [9.17, 15) is 0 Å². The first-order chi connectivity index (χ1) is 21.6. The Labute approximate surface area is 270 Å². The van der Waals surface area contributed by atoms with Gasteiger partial charge in [-0.1, -0.05) is 54.6 Å². The van der Waals surface area contributed by atoms with Crippen LogP contribution in [0.4, 0.5) is 0 Å². The lowest BCUT2D eigenvalue weighted by molar-refractivity contribution is -0.00000986. The first kappa shape index (κ1) is 31.8. The fourth-order valence-corrected chi connectivity index (χ4v) is 9.81. The van der Waals surface area contributed by atoms with Crippen molar-refractivity contribution in [2.75, 3.05) is 28.4 Å². The van der Waals surface area contributed by atoms with E-state index in [1.807, 2.05) is 30.3 Å². The fourth-order valence-electron chi connectivity index (χ4n) is 5.76. The highest BCUT2D eigenvalue weighted by molar-refractivity contribution is 7.95. The maximum absolute atomic E-state index is 5.69. The Hall–Kier alpha value is -4.64. The van der Waals surface area contributed by atoms with Gasteiger partial charge in [0.2, 0.25) is 0 Å². The van der Waals surface area contributed by atoms with Gasteiger partial charge in [0.25, 0.3) is 0 Å². The van der Waals surface area contributed by atoms with Crippen LogP contribution in [0, 0.1) is 0 Å². The van der Waals surface area contributed by atoms with Crippen molar-refractivity contribution in [3.05, 3.63) is 127 Å². The number of nitrogens with zero attached hydrogens (tertiary/aromatic N) is 2. The maximum atomic E-state index is 5.69. The van der Waals surface area contributed by atoms with Crippen LogP contribution in [-0.2, 0) is 6.16 Å². The minimum Gasteiger partial charge on any atom is -1.00 e. The minimum atomic E-state index is -2.25. The molecule has 1 heterocycles. The molecular weight excluding hydrogens is 603 g/mol. The summed E-state index contributed by atoms with van der Waals surface area (Å²) in [5.41, 5.74) is 2.43. The third-order valence-electron chi connectivity index (χ3n) is 7.87. The largest absolute Gasteiger partial charge is 1.00 e. The lowest BCUT2D eigenvalue weighted by Crippen LogP contribution is -3.00. The van der Waals surface area contributed by atoms with Crippen LogP contribution >= 0.6 is 7.26 Å². The van der Waals surface area contributed by atoms with Crippen LogP contribution in [0.1, 0.15) is 5.82 Å². The number of hydrogen-bond donors (Lipinski definition) is 0. The minimum absolute atomic E-state index is 0. The van der Waals surface area contributed by atoms with Gasteiger partial charge in [0.1, 0.15) is 29.3 Å². The summed E-state index contributed by atoms with van der Waals surface area (Å²) in [7, 11) is 4.28. The molecule has 0 radical (unpaired) electrons. The first-order valence-corrected chi connectivity index (χ1v) is 16.3. The Bertz CT molecular complexity index is 1790. The molecule has 0 atom stereocenters. The van der Waals surface area contributed by atoms with Crippen LogP contribution in [0.25, 0.3) is 22.2 Å². The second kappa shape index (κ2) is 14.0. The molecule has 45 heavy (non-hydrogen) atoms. The van der Waals surface area contributed by atoms with Crippen molar-refractivity contribution in [2.45, 2.75) is 6.16 Å². The van der Waals surface area contributed by atoms with E-state index in [0.717, 1.165) is 28.0 Å². The van der Waals surface area contributed by atoms with Crippen molar-refractivity contribution in [2.24, 2.45) is 0 Å². The summed E-state index contributed by atoms with van der Waals surface area (Å²) in [5, 5.41) is 4.64. The summed E-state index contributed by atoms with van der Waals surface area (Å²) in [6, 6.07) is 42.0. The van der Waals surface area contributed by atoms with E-state index in [4.69, 9.17) is 28.9 Å². The Morgan fingerprint density at radius 2 is 0.978 bits per heavy atom. The molecule has 1 aromatic heterocycles. The molecule has 0 amide bonds. The Morgan fingerprint density at radius 1 is 0.511 bits per heavy atom. The highest BCUT2D eigenvalue weighted by Crippen LogP contribution is 2.58. The Kier molecular flexibility index (Phi) is 9.87. The number of halogens is 1. The molecule has 0 spiro atoms. The number of ether oxygens (including phenoxy) is 4. The topological polar surface area (TPSA) is 62.7 Å². The standard InChI is InChI=1S/C37H34N2O4P.ClH/c1-40-32-21-20-26(22-33(32)41-2)37-30-23-34(42-3)35(43-4)24-31(30)38-36(39-37)25-44(27-14-8-5-9-15-27,28-16-10-6-11-17-28)29-18-12-7-13-19-29;/h5-24H,25H2,1-4H3;1H/q+1;/p-1. The molecule has 6 aromatic rings. The molecule has 0 bridgehead atoms. The van der Waals surface area contributed by atoms with Crippen LogP contribution in [-0.4, -0.2) is 38.4 Å². The van der Waals surface area contributed by atoms with Gasteiger partial charge >= 0.3 is 0 Å². The molecule has 8 heteroatoms. The predicted molar refractivity (Wildman–Crippen MR) is 180 cm³/mol. The highest BCUT2D eigenvalue weighted by Gasteiger charge is 2.46. The van der Waals surface area contributed by atoms with Gasteiger partial charge in [0.05, 0.1) is 39.6 Å². The molecule has 0 saturated heterocycles. The van der Waals surface area contributed by atoms with Gasteiger partial charge < -0.3 is 31.4 Å². The van der Waals surface area contributed by atoms with E-state index >= 15 is 0 Å². The summed E-state index contributed by atoms with van der Waals surface area (Å²) in [4.78, 5) is 10.5. The molecule has 228 valence electrons. The molecule has 0 saturated carbocycles. The summed E-state index contributed by atoms with van der Waals surface area (Å²) in [6.07, 6.45) is 0.621. The second-order valence-electron chi connectivity index (χ2n) is 10.3. The zero-order chi connectivity index (χ0) is 30.5. The van der Waals surface area contributed by atoms with Crippen molar-refractivity contribution in [1.82, 2.24) is 9.97 Å². The number of rotatable bonds is 10. The maximum Gasteiger partial charge on any atom is 0.168 e. The van der Waals surface area contributed by atoms with E-state index in [1.165, 1.54) is 15.9 Å². The summed E-state index contributed by atoms with van der Waals surface area (Å²) >= 11 is 0. The van der Waals surface area contributed by atoms with Gasteiger partial charge in [-0.25, -0.2) is 9.97 Å². The number of methoxy groups -OCH3 is 4. The van der Waals surface area contributed by atoms with E-state index in [0.29, 0.717) is 29.2 Å². The Morgan fingerprint density at radius 3 is 1.47 bits per heavy atom. The average Bonchev–Trinajstić information content (AvgIpc) is 3.10. The van der Waals surface area contributed by atoms with Crippen molar-refractivity contribution in [1.29, 1.82) is 0 Å². The van der Waals surface area contributed by atoms with Crippen LogP contribution < -0.4 is 47.3 Å². The van der Waals surface area contributed by atoms with Gasteiger partial charge in [-0.2, -0.15) is 0 Å². The number of aromatic nitrogens is 2. The third kappa shape index (κ3) is 6.04. The molecule has 5 aromatic carbocycles. The van der Waals surface area contributed by atoms with Crippen LogP contribution in [0.3, 0.4) is 0 Å². The average molecular weight is 637 g/mol. The van der Waals surface area contributed by atoms with Crippen LogP contribution in [0.2, 0.25) is 0 Å². The Balaban J connectivity index is 0.00000400. The van der Waals surface area contributed by atoms with Crippen molar-refractivity contribution >= 4 is 34.1 Å². The summed E-state index contributed by atoms with van der Waals surface area (Å²) < 4.78 is 22.6. The van der Waals surface area contributed by atoms with E-state index in [2.05, 4.69) is 91.0 Å². The molecule has 0 unspecified atom stereocenters. The van der Waals surface area contributed by atoms with Crippen LogP contribution in [0.5, 0.6) is 23.0 Å². The van der Waals surface area contributed by atoms with Crippen molar-refractivity contribution < 1.29 is 31.4 Å². The fraction of sp³-hybridized carbons (Fsp3) is 0.135. The molecule has 0 aliphatic heterocycles. The van der Waals surface area contributed by atoms with Gasteiger partial charge in [-0.3, -0.25) is 0 Å². The highest BCUT2D eigenvalue weighted by atomic mass is 35.5. The smallest absolute Gasteiger partial charge is 0.168 e. The van der Waals surface area contributed by atoms with Gasteiger partial charge in [-0.05, 0) is 60.7 Å².